The van der Waals surface area contributed by atoms with E-state index in [1.807, 2.05) is 0 Å². The van der Waals surface area contributed by atoms with Crippen molar-refractivity contribution in [3.8, 4) is 5.75 Å². The number of nitrogens with one attached hydrogen (secondary N) is 2. The minimum atomic E-state index is -1.15. The highest BCUT2D eigenvalue weighted by Gasteiger charge is 2.26. The smallest absolute Gasteiger partial charge is 0.326 e. The van der Waals surface area contributed by atoms with Crippen LogP contribution in [0.4, 0.5) is 0 Å². The molecule has 2 amide bonds. The van der Waals surface area contributed by atoms with Gasteiger partial charge in [-0.25, -0.2) is 4.79 Å². The van der Waals surface area contributed by atoms with Crippen LogP contribution in [0, 0.1) is 5.92 Å². The van der Waals surface area contributed by atoms with Crippen molar-refractivity contribution in [3.05, 3.63) is 69.8 Å². The lowest BCUT2D eigenvalue weighted by Gasteiger charge is -2.19. The first-order valence-electron chi connectivity index (χ1n) is 9.18. The average molecular weight is 475 g/mol. The number of hydrogen-bond acceptors (Lipinski definition) is 4. The number of hydrogen-bond donors (Lipinski definition) is 3. The number of benzene rings is 2. The first kappa shape index (κ1) is 23.2. The number of amides is 2. The molecule has 3 N–H and O–H groups in total. The molecule has 0 aliphatic carbocycles. The standard InChI is InChI=1S/C22H23BrN2O5/c1-13(2)19(22(28)29)25-21(27)18(12-14-8-10-15(30-3)11-9-14)24-20(26)16-6-4-5-7-17(16)23/h4-13,19H,1-3H3,(H,24,26)(H,25,27)(H,28,29)/b18-12+/t19-/m1/s1. The van der Waals surface area contributed by atoms with E-state index in [1.165, 1.54) is 6.08 Å². The fourth-order valence-electron chi connectivity index (χ4n) is 2.59. The van der Waals surface area contributed by atoms with E-state index in [2.05, 4.69) is 26.6 Å². The van der Waals surface area contributed by atoms with E-state index < -0.39 is 23.8 Å². The summed E-state index contributed by atoms with van der Waals surface area (Å²) in [5.74, 6) is -2.06. The van der Waals surface area contributed by atoms with E-state index in [4.69, 9.17) is 4.74 Å². The van der Waals surface area contributed by atoms with Gasteiger partial charge in [-0.15, -0.1) is 0 Å². The summed E-state index contributed by atoms with van der Waals surface area (Å²) in [6.45, 7) is 3.37. The number of carboxylic acid groups (broad SMARTS) is 1. The molecule has 158 valence electrons. The van der Waals surface area contributed by atoms with Crippen molar-refractivity contribution in [2.45, 2.75) is 19.9 Å². The van der Waals surface area contributed by atoms with Crippen LogP contribution >= 0.6 is 15.9 Å². The Balaban J connectivity index is 2.37. The summed E-state index contributed by atoms with van der Waals surface area (Å²) in [6, 6.07) is 12.5. The molecule has 0 bridgehead atoms. The van der Waals surface area contributed by atoms with Crippen LogP contribution in [0.5, 0.6) is 5.75 Å². The third kappa shape index (κ3) is 6.18. The van der Waals surface area contributed by atoms with Crippen LogP contribution in [0.15, 0.2) is 58.7 Å². The molecule has 2 aromatic carbocycles. The van der Waals surface area contributed by atoms with E-state index in [-0.39, 0.29) is 11.6 Å². The van der Waals surface area contributed by atoms with Crippen LogP contribution in [0.3, 0.4) is 0 Å². The van der Waals surface area contributed by atoms with Gasteiger partial charge in [0.05, 0.1) is 12.7 Å². The number of ether oxygens (including phenoxy) is 1. The largest absolute Gasteiger partial charge is 0.497 e. The van der Waals surface area contributed by atoms with Gasteiger partial charge in [0.2, 0.25) is 0 Å². The summed E-state index contributed by atoms with van der Waals surface area (Å²) in [5.41, 5.74) is 0.891. The van der Waals surface area contributed by atoms with E-state index >= 15 is 0 Å². The van der Waals surface area contributed by atoms with E-state index in [1.54, 1.807) is 69.5 Å². The number of methoxy groups -OCH3 is 1. The van der Waals surface area contributed by atoms with Gasteiger partial charge in [-0.3, -0.25) is 9.59 Å². The quantitative estimate of drug-likeness (QED) is 0.508. The molecule has 7 nitrogen and oxygen atoms in total. The SMILES string of the molecule is COc1ccc(/C=C(/NC(=O)c2ccccc2Br)C(=O)N[C@@H](C(=O)O)C(C)C)cc1. The molecule has 0 spiro atoms. The van der Waals surface area contributed by atoms with E-state index in [0.717, 1.165) is 0 Å². The Morgan fingerprint density at radius 1 is 1.07 bits per heavy atom. The first-order chi connectivity index (χ1) is 14.2. The van der Waals surface area contributed by atoms with Gasteiger partial charge in [-0.05, 0) is 57.8 Å². The summed E-state index contributed by atoms with van der Waals surface area (Å²) >= 11 is 3.31. The molecular weight excluding hydrogens is 452 g/mol. The van der Waals surface area contributed by atoms with Crippen LogP contribution in [0.2, 0.25) is 0 Å². The molecular formula is C22H23BrN2O5. The molecule has 0 saturated heterocycles. The van der Waals surface area contributed by atoms with Crippen molar-refractivity contribution in [1.82, 2.24) is 10.6 Å². The van der Waals surface area contributed by atoms with Crippen LogP contribution in [-0.4, -0.2) is 36.0 Å². The molecule has 0 fully saturated rings. The van der Waals surface area contributed by atoms with Gasteiger partial charge in [0.1, 0.15) is 17.5 Å². The normalized spacial score (nSPS) is 12.2. The number of aliphatic carboxylic acids is 1. The number of carbonyl (C=O) groups is 3. The zero-order valence-electron chi connectivity index (χ0n) is 16.8. The monoisotopic (exact) mass is 474 g/mol. The van der Waals surface area contributed by atoms with Crippen molar-refractivity contribution in [1.29, 1.82) is 0 Å². The minimum Gasteiger partial charge on any atom is -0.497 e. The molecule has 0 radical (unpaired) electrons. The van der Waals surface area contributed by atoms with Crippen molar-refractivity contribution in [3.63, 3.8) is 0 Å². The molecule has 1 atom stereocenters. The Bertz CT molecular complexity index is 954. The maximum absolute atomic E-state index is 12.8. The van der Waals surface area contributed by atoms with Crippen molar-refractivity contribution < 1.29 is 24.2 Å². The Morgan fingerprint density at radius 2 is 1.70 bits per heavy atom. The Labute approximate surface area is 183 Å². The van der Waals surface area contributed by atoms with Gasteiger partial charge in [-0.2, -0.15) is 0 Å². The van der Waals surface area contributed by atoms with Crippen LogP contribution in [-0.2, 0) is 9.59 Å². The van der Waals surface area contributed by atoms with Gasteiger partial charge in [0.25, 0.3) is 11.8 Å². The fraction of sp³-hybridized carbons (Fsp3) is 0.227. The van der Waals surface area contributed by atoms with Crippen LogP contribution < -0.4 is 15.4 Å². The van der Waals surface area contributed by atoms with E-state index in [0.29, 0.717) is 21.3 Å². The predicted octanol–water partition coefficient (Wildman–Crippen LogP) is 3.45. The first-order valence-corrected chi connectivity index (χ1v) is 9.97. The molecule has 2 rings (SSSR count). The van der Waals surface area contributed by atoms with Gasteiger partial charge >= 0.3 is 5.97 Å². The highest BCUT2D eigenvalue weighted by atomic mass is 79.9. The van der Waals surface area contributed by atoms with Crippen LogP contribution in [0.1, 0.15) is 29.8 Å². The minimum absolute atomic E-state index is 0.0761. The second kappa shape index (κ2) is 10.6. The Hall–Kier alpha value is -3.13. The lowest BCUT2D eigenvalue weighted by Crippen LogP contribution is -2.47. The van der Waals surface area contributed by atoms with Gasteiger partial charge in [0, 0.05) is 4.47 Å². The van der Waals surface area contributed by atoms with Crippen molar-refractivity contribution in [2.75, 3.05) is 7.11 Å². The van der Waals surface area contributed by atoms with Gasteiger partial charge in [-0.1, -0.05) is 38.1 Å². The van der Waals surface area contributed by atoms with Gasteiger partial charge in [0.15, 0.2) is 0 Å². The zero-order valence-corrected chi connectivity index (χ0v) is 18.4. The highest BCUT2D eigenvalue weighted by molar-refractivity contribution is 9.10. The molecule has 30 heavy (non-hydrogen) atoms. The van der Waals surface area contributed by atoms with E-state index in [9.17, 15) is 19.5 Å². The van der Waals surface area contributed by atoms with Crippen LogP contribution in [0.25, 0.3) is 6.08 Å². The number of carboxylic acids is 1. The molecule has 0 aromatic heterocycles. The second-order valence-corrected chi connectivity index (χ2v) is 7.65. The third-order valence-electron chi connectivity index (χ3n) is 4.26. The summed E-state index contributed by atoms with van der Waals surface area (Å²) in [7, 11) is 1.54. The lowest BCUT2D eigenvalue weighted by atomic mass is 10.0. The molecule has 0 heterocycles. The summed E-state index contributed by atoms with van der Waals surface area (Å²) < 4.78 is 5.69. The summed E-state index contributed by atoms with van der Waals surface area (Å²) in [6.07, 6.45) is 1.47. The Morgan fingerprint density at radius 3 is 2.23 bits per heavy atom. The topological polar surface area (TPSA) is 105 Å². The molecule has 0 aliphatic heterocycles. The predicted molar refractivity (Wildman–Crippen MR) is 117 cm³/mol. The second-order valence-electron chi connectivity index (χ2n) is 6.80. The summed E-state index contributed by atoms with van der Waals surface area (Å²) in [5, 5.41) is 14.4. The number of rotatable bonds is 8. The number of halogens is 1. The zero-order chi connectivity index (χ0) is 22.3. The molecule has 0 unspecified atom stereocenters. The maximum Gasteiger partial charge on any atom is 0.326 e. The molecule has 2 aromatic rings. The Kier molecular flexibility index (Phi) is 8.17. The van der Waals surface area contributed by atoms with Crippen molar-refractivity contribution in [2.24, 2.45) is 5.92 Å². The van der Waals surface area contributed by atoms with Gasteiger partial charge < -0.3 is 20.5 Å². The maximum atomic E-state index is 12.8. The third-order valence-corrected chi connectivity index (χ3v) is 4.95. The molecule has 0 saturated carbocycles. The highest BCUT2D eigenvalue weighted by Crippen LogP contribution is 2.17. The molecule has 8 heteroatoms. The average Bonchev–Trinajstić information content (AvgIpc) is 2.71. The fourth-order valence-corrected chi connectivity index (χ4v) is 3.06. The molecule has 0 aliphatic rings. The number of carbonyl (C=O) groups excluding carboxylic acids is 2. The summed E-state index contributed by atoms with van der Waals surface area (Å²) in [4.78, 5) is 37.0. The lowest BCUT2D eigenvalue weighted by molar-refractivity contribution is -0.142. The van der Waals surface area contributed by atoms with Crippen molar-refractivity contribution >= 4 is 39.8 Å².